The van der Waals surface area contributed by atoms with Crippen molar-refractivity contribution in [3.63, 3.8) is 0 Å². The van der Waals surface area contributed by atoms with E-state index in [1.807, 2.05) is 0 Å². The lowest BCUT2D eigenvalue weighted by atomic mass is 10.1. The van der Waals surface area contributed by atoms with Crippen LogP contribution in [0.5, 0.6) is 17.2 Å². The number of carbonyl (C=O) groups is 1. The number of hydrogen-bond acceptors (Lipinski definition) is 4. The lowest BCUT2D eigenvalue weighted by Crippen LogP contribution is -2.08. The third-order valence-electron chi connectivity index (χ3n) is 10.3. The Morgan fingerprint density at radius 2 is 0.627 bits per heavy atom. The number of aromatic carboxylic acids is 1. The Labute approximate surface area is 316 Å². The third kappa shape index (κ3) is 28.3. The van der Waals surface area contributed by atoms with Crippen LogP contribution in [0, 0.1) is 0 Å². The highest BCUT2D eigenvalue weighted by Crippen LogP contribution is 2.39. The molecule has 0 aliphatic heterocycles. The summed E-state index contributed by atoms with van der Waals surface area (Å²) < 4.78 is 18.9. The summed E-state index contributed by atoms with van der Waals surface area (Å²) in [7, 11) is 0. The molecule has 0 radical (unpaired) electrons. The van der Waals surface area contributed by atoms with Gasteiger partial charge in [0.1, 0.15) is 0 Å². The SMILES string of the molecule is CCCCCCCCCCCCCOc1cc(C(=O)O)cc(OCCCCCCCCCCCCC)c1OCCCCCCCCCCCCC. The largest absolute Gasteiger partial charge is 0.490 e. The molecular weight excluding hydrogens is 633 g/mol. The molecule has 0 aliphatic rings. The van der Waals surface area contributed by atoms with E-state index in [9.17, 15) is 9.90 Å². The van der Waals surface area contributed by atoms with Gasteiger partial charge in [-0.1, -0.05) is 213 Å². The summed E-state index contributed by atoms with van der Waals surface area (Å²) in [6.45, 7) is 8.53. The molecule has 0 fully saturated rings. The predicted octanol–water partition coefficient (Wildman–Crippen LogP) is 15.5. The lowest BCUT2D eigenvalue weighted by Gasteiger charge is -2.18. The molecule has 0 heterocycles. The number of carboxylic acid groups (broad SMARTS) is 1. The lowest BCUT2D eigenvalue weighted by molar-refractivity contribution is 0.0695. The zero-order valence-corrected chi connectivity index (χ0v) is 34.2. The van der Waals surface area contributed by atoms with E-state index in [4.69, 9.17) is 14.2 Å². The van der Waals surface area contributed by atoms with Gasteiger partial charge in [-0.25, -0.2) is 4.79 Å². The number of carboxylic acids is 1. The second-order valence-corrected chi connectivity index (χ2v) is 15.3. The summed E-state index contributed by atoms with van der Waals surface area (Å²) in [5.41, 5.74) is 0.194. The molecule has 1 rings (SSSR count). The summed E-state index contributed by atoms with van der Waals surface area (Å²) in [5.74, 6) is 0.641. The Hall–Kier alpha value is -1.91. The molecule has 1 aromatic carbocycles. The second kappa shape index (κ2) is 36.4. The zero-order chi connectivity index (χ0) is 36.9. The molecule has 5 nitrogen and oxygen atoms in total. The van der Waals surface area contributed by atoms with Crippen molar-refractivity contribution >= 4 is 5.97 Å². The first-order valence-electron chi connectivity index (χ1n) is 22.4. The average molecular weight is 717 g/mol. The smallest absolute Gasteiger partial charge is 0.335 e. The Morgan fingerprint density at radius 1 is 0.392 bits per heavy atom. The molecule has 0 saturated heterocycles. The molecule has 0 bridgehead atoms. The van der Waals surface area contributed by atoms with Crippen molar-refractivity contribution < 1.29 is 24.1 Å². The monoisotopic (exact) mass is 717 g/mol. The van der Waals surface area contributed by atoms with Crippen LogP contribution in [0.15, 0.2) is 12.1 Å². The first-order chi connectivity index (χ1) is 25.1. The minimum absolute atomic E-state index is 0.194. The molecule has 0 amide bonds. The molecule has 5 heteroatoms. The van der Waals surface area contributed by atoms with Crippen LogP contribution < -0.4 is 14.2 Å². The van der Waals surface area contributed by atoms with E-state index in [1.54, 1.807) is 12.1 Å². The highest BCUT2D eigenvalue weighted by atomic mass is 16.5. The van der Waals surface area contributed by atoms with Gasteiger partial charge in [0.15, 0.2) is 11.5 Å². The molecule has 0 atom stereocenters. The number of rotatable bonds is 40. The normalized spacial score (nSPS) is 11.3. The quantitative estimate of drug-likeness (QED) is 0.0685. The van der Waals surface area contributed by atoms with Crippen molar-refractivity contribution in [2.24, 2.45) is 0 Å². The Bertz CT molecular complexity index is 851. The fourth-order valence-electron chi connectivity index (χ4n) is 6.89. The second-order valence-electron chi connectivity index (χ2n) is 15.3. The molecule has 0 unspecified atom stereocenters. The fraction of sp³-hybridized carbons (Fsp3) is 0.848. The van der Waals surface area contributed by atoms with Crippen LogP contribution in [0.25, 0.3) is 0 Å². The van der Waals surface area contributed by atoms with Gasteiger partial charge in [0.25, 0.3) is 0 Å². The molecule has 298 valence electrons. The van der Waals surface area contributed by atoms with Crippen molar-refractivity contribution in [1.82, 2.24) is 0 Å². The molecule has 1 aromatic rings. The topological polar surface area (TPSA) is 65.0 Å². The van der Waals surface area contributed by atoms with Crippen molar-refractivity contribution in [1.29, 1.82) is 0 Å². The van der Waals surface area contributed by atoms with Crippen LogP contribution in [-0.2, 0) is 0 Å². The van der Waals surface area contributed by atoms with E-state index in [0.717, 1.165) is 38.5 Å². The van der Waals surface area contributed by atoms with Crippen molar-refractivity contribution in [2.45, 2.75) is 233 Å². The van der Waals surface area contributed by atoms with Crippen LogP contribution in [-0.4, -0.2) is 30.9 Å². The minimum atomic E-state index is -0.967. The van der Waals surface area contributed by atoms with Gasteiger partial charge >= 0.3 is 5.97 Å². The van der Waals surface area contributed by atoms with Crippen molar-refractivity contribution in [3.05, 3.63) is 17.7 Å². The van der Waals surface area contributed by atoms with E-state index < -0.39 is 5.97 Å². The molecule has 0 aromatic heterocycles. The molecule has 1 N–H and O–H groups in total. The van der Waals surface area contributed by atoms with E-state index in [2.05, 4.69) is 20.8 Å². The summed E-state index contributed by atoms with van der Waals surface area (Å²) in [5, 5.41) is 9.91. The molecule has 0 spiro atoms. The van der Waals surface area contributed by atoms with Gasteiger partial charge in [-0.15, -0.1) is 0 Å². The van der Waals surface area contributed by atoms with Gasteiger partial charge in [-0.3, -0.25) is 0 Å². The van der Waals surface area contributed by atoms with Gasteiger partial charge in [0.2, 0.25) is 5.75 Å². The van der Waals surface area contributed by atoms with Gasteiger partial charge in [-0.05, 0) is 31.4 Å². The van der Waals surface area contributed by atoms with E-state index in [1.165, 1.54) is 173 Å². The van der Waals surface area contributed by atoms with Crippen LogP contribution in [0.3, 0.4) is 0 Å². The van der Waals surface area contributed by atoms with Crippen LogP contribution in [0.2, 0.25) is 0 Å². The first kappa shape index (κ1) is 47.1. The fourth-order valence-corrected chi connectivity index (χ4v) is 6.89. The maximum absolute atomic E-state index is 12.1. The molecule has 51 heavy (non-hydrogen) atoms. The number of ether oxygens (including phenoxy) is 3. The zero-order valence-electron chi connectivity index (χ0n) is 34.2. The summed E-state index contributed by atoms with van der Waals surface area (Å²) in [6, 6.07) is 3.26. The number of benzene rings is 1. The predicted molar refractivity (Wildman–Crippen MR) is 219 cm³/mol. The summed E-state index contributed by atoms with van der Waals surface area (Å²) >= 11 is 0. The number of hydrogen-bond donors (Lipinski definition) is 1. The van der Waals surface area contributed by atoms with Crippen molar-refractivity contribution in [2.75, 3.05) is 19.8 Å². The standard InChI is InChI=1S/C46H84O5/c1-4-7-10-13-16-19-22-25-28-31-34-37-49-43-40-42(46(47)48)41-44(50-38-35-32-29-26-23-20-17-14-11-8-5-2)45(43)51-39-36-33-30-27-24-21-18-15-12-9-6-3/h40-41H,4-39H2,1-3H3,(H,47,48). The van der Waals surface area contributed by atoms with Crippen LogP contribution >= 0.6 is 0 Å². The maximum atomic E-state index is 12.1. The van der Waals surface area contributed by atoms with Gasteiger partial charge in [0.05, 0.1) is 25.4 Å². The third-order valence-corrected chi connectivity index (χ3v) is 10.3. The van der Waals surface area contributed by atoms with Gasteiger partial charge in [-0.2, -0.15) is 0 Å². The number of unbranched alkanes of at least 4 members (excludes halogenated alkanes) is 30. The Morgan fingerprint density at radius 3 is 0.882 bits per heavy atom. The van der Waals surface area contributed by atoms with E-state index >= 15 is 0 Å². The van der Waals surface area contributed by atoms with Crippen molar-refractivity contribution in [3.8, 4) is 17.2 Å². The first-order valence-corrected chi connectivity index (χ1v) is 22.4. The van der Waals surface area contributed by atoms with E-state index in [-0.39, 0.29) is 5.56 Å². The molecular formula is C46H84O5. The van der Waals surface area contributed by atoms with Crippen LogP contribution in [0.1, 0.15) is 243 Å². The molecule has 0 aliphatic carbocycles. The van der Waals surface area contributed by atoms with Gasteiger partial charge in [0, 0.05) is 0 Å². The van der Waals surface area contributed by atoms with E-state index in [0.29, 0.717) is 37.1 Å². The maximum Gasteiger partial charge on any atom is 0.335 e. The Kier molecular flexibility index (Phi) is 33.7. The Balaban J connectivity index is 2.58. The average Bonchev–Trinajstić information content (AvgIpc) is 3.13. The summed E-state index contributed by atoms with van der Waals surface area (Å²) in [4.78, 5) is 12.1. The van der Waals surface area contributed by atoms with Crippen LogP contribution in [0.4, 0.5) is 0 Å². The minimum Gasteiger partial charge on any atom is -0.490 e. The molecule has 0 saturated carbocycles. The van der Waals surface area contributed by atoms with Gasteiger partial charge < -0.3 is 19.3 Å². The summed E-state index contributed by atoms with van der Waals surface area (Å²) in [6.07, 6.45) is 42.3. The highest BCUT2D eigenvalue weighted by molar-refractivity contribution is 5.89. The highest BCUT2D eigenvalue weighted by Gasteiger charge is 2.19.